The zero-order valence-corrected chi connectivity index (χ0v) is 12.8. The fourth-order valence-electron chi connectivity index (χ4n) is 2.40. The molecular weight excluding hydrogens is 258 g/mol. The summed E-state index contributed by atoms with van der Waals surface area (Å²) in [7, 11) is 3.52. The van der Waals surface area contributed by atoms with E-state index in [1.807, 2.05) is 6.07 Å². The van der Waals surface area contributed by atoms with Crippen molar-refractivity contribution in [2.75, 3.05) is 37.8 Å². The van der Waals surface area contributed by atoms with E-state index < -0.39 is 0 Å². The van der Waals surface area contributed by atoms with E-state index in [1.165, 1.54) is 30.6 Å². The number of carbonyl (C=O) groups excluding carboxylic acids is 1. The van der Waals surface area contributed by atoms with Gasteiger partial charge < -0.3 is 15.5 Å². The second-order valence-electron chi connectivity index (χ2n) is 5.59. The molecule has 1 aromatic heterocycles. The molecule has 0 spiro atoms. The van der Waals surface area contributed by atoms with Crippen LogP contribution in [0, 0.1) is 5.92 Å². The van der Waals surface area contributed by atoms with E-state index in [4.69, 9.17) is 5.73 Å². The monoisotopic (exact) mass is 281 g/mol. The van der Waals surface area contributed by atoms with Crippen LogP contribution in [-0.2, 0) is 0 Å². The smallest absolute Gasteiger partial charge is 0.265 e. The minimum Gasteiger partial charge on any atom is -0.397 e. The molecular formula is C14H23N3OS. The molecule has 1 unspecified atom stereocenters. The van der Waals surface area contributed by atoms with Crippen molar-refractivity contribution in [1.82, 2.24) is 4.90 Å². The molecule has 1 aliphatic heterocycles. The maximum atomic E-state index is 12.0. The number of hydrogen-bond acceptors (Lipinski definition) is 4. The summed E-state index contributed by atoms with van der Waals surface area (Å²) in [5.41, 5.74) is 6.60. The average molecular weight is 281 g/mol. The van der Waals surface area contributed by atoms with Crippen LogP contribution in [0.5, 0.6) is 0 Å². The second-order valence-corrected chi connectivity index (χ2v) is 6.62. The Hall–Kier alpha value is -1.23. The molecule has 2 N–H and O–H groups in total. The molecule has 106 valence electrons. The van der Waals surface area contributed by atoms with Crippen molar-refractivity contribution in [1.29, 1.82) is 0 Å². The lowest BCUT2D eigenvalue weighted by Gasteiger charge is -2.20. The summed E-state index contributed by atoms with van der Waals surface area (Å²) in [5.74, 6) is 0.794. The summed E-state index contributed by atoms with van der Waals surface area (Å²) < 4.78 is 0. The Morgan fingerprint density at radius 3 is 2.84 bits per heavy atom. The van der Waals surface area contributed by atoms with E-state index in [2.05, 4.69) is 11.8 Å². The molecule has 4 nitrogen and oxygen atoms in total. The maximum absolute atomic E-state index is 12.0. The Labute approximate surface area is 119 Å². The van der Waals surface area contributed by atoms with Gasteiger partial charge in [0.15, 0.2) is 0 Å². The normalized spacial score (nSPS) is 20.2. The summed E-state index contributed by atoms with van der Waals surface area (Å²) in [6, 6.07) is 1.96. The highest BCUT2D eigenvalue weighted by molar-refractivity contribution is 7.18. The van der Waals surface area contributed by atoms with Gasteiger partial charge in [0.25, 0.3) is 5.91 Å². The number of nitrogens with two attached hydrogens (primary N) is 1. The number of nitrogens with zero attached hydrogens (tertiary/aromatic N) is 2. The highest BCUT2D eigenvalue weighted by atomic mass is 32.1. The van der Waals surface area contributed by atoms with Crippen molar-refractivity contribution in [3.63, 3.8) is 0 Å². The van der Waals surface area contributed by atoms with Crippen LogP contribution >= 0.6 is 11.3 Å². The molecule has 0 aromatic carbocycles. The van der Waals surface area contributed by atoms with Crippen LogP contribution in [0.15, 0.2) is 6.07 Å². The van der Waals surface area contributed by atoms with Gasteiger partial charge in [-0.3, -0.25) is 4.79 Å². The van der Waals surface area contributed by atoms with Crippen molar-refractivity contribution < 1.29 is 4.79 Å². The molecule has 1 saturated heterocycles. The Bertz CT molecular complexity index is 456. The van der Waals surface area contributed by atoms with Crippen LogP contribution in [0.3, 0.4) is 0 Å². The molecule has 5 heteroatoms. The molecule has 0 radical (unpaired) electrons. The van der Waals surface area contributed by atoms with Gasteiger partial charge in [-0.05, 0) is 31.2 Å². The van der Waals surface area contributed by atoms with E-state index in [-0.39, 0.29) is 5.91 Å². The van der Waals surface area contributed by atoms with E-state index in [9.17, 15) is 4.79 Å². The minimum absolute atomic E-state index is 0.00283. The summed E-state index contributed by atoms with van der Waals surface area (Å²) in [5, 5.41) is 1.14. The van der Waals surface area contributed by atoms with E-state index >= 15 is 0 Å². The molecule has 2 rings (SSSR count). The van der Waals surface area contributed by atoms with Gasteiger partial charge in [-0.15, -0.1) is 11.3 Å². The van der Waals surface area contributed by atoms with Crippen LogP contribution in [-0.4, -0.2) is 38.0 Å². The van der Waals surface area contributed by atoms with Gasteiger partial charge in [-0.2, -0.15) is 0 Å². The highest BCUT2D eigenvalue weighted by Crippen LogP contribution is 2.34. The summed E-state index contributed by atoms with van der Waals surface area (Å²) >= 11 is 1.52. The van der Waals surface area contributed by atoms with Crippen LogP contribution < -0.4 is 10.6 Å². The number of hydrogen-bond donors (Lipinski definition) is 1. The van der Waals surface area contributed by atoms with Crippen molar-refractivity contribution in [2.45, 2.75) is 26.2 Å². The lowest BCUT2D eigenvalue weighted by Crippen LogP contribution is -2.23. The first-order chi connectivity index (χ1) is 8.99. The fraction of sp³-hybridized carbons (Fsp3) is 0.643. The third kappa shape index (κ3) is 3.21. The third-order valence-electron chi connectivity index (χ3n) is 3.68. The SMILES string of the molecule is CC1CCCN(c2cc(N)c(C(=O)N(C)C)s2)CC1. The lowest BCUT2D eigenvalue weighted by atomic mass is 10.0. The number of rotatable bonds is 2. The van der Waals surface area contributed by atoms with Crippen LogP contribution in [0.25, 0.3) is 0 Å². The maximum Gasteiger partial charge on any atom is 0.265 e. The Morgan fingerprint density at radius 2 is 2.16 bits per heavy atom. The fourth-order valence-corrected chi connectivity index (χ4v) is 3.55. The number of carbonyl (C=O) groups is 1. The minimum atomic E-state index is -0.00283. The largest absolute Gasteiger partial charge is 0.397 e. The van der Waals surface area contributed by atoms with Gasteiger partial charge in [0.05, 0.1) is 10.7 Å². The molecule has 0 bridgehead atoms. The van der Waals surface area contributed by atoms with E-state index in [0.29, 0.717) is 10.6 Å². The van der Waals surface area contributed by atoms with Crippen LogP contribution in [0.2, 0.25) is 0 Å². The van der Waals surface area contributed by atoms with Crippen LogP contribution in [0.1, 0.15) is 35.9 Å². The molecule has 0 saturated carbocycles. The molecule has 0 aliphatic carbocycles. The summed E-state index contributed by atoms with van der Waals surface area (Å²) in [4.78, 5) is 16.6. The van der Waals surface area contributed by atoms with Crippen molar-refractivity contribution in [3.8, 4) is 0 Å². The molecule has 1 fully saturated rings. The van der Waals surface area contributed by atoms with Gasteiger partial charge in [-0.25, -0.2) is 0 Å². The van der Waals surface area contributed by atoms with Gasteiger partial charge in [0.2, 0.25) is 0 Å². The zero-order valence-electron chi connectivity index (χ0n) is 12.0. The van der Waals surface area contributed by atoms with Crippen molar-refractivity contribution in [3.05, 3.63) is 10.9 Å². The average Bonchev–Trinajstić information content (AvgIpc) is 2.60. The Morgan fingerprint density at radius 1 is 1.42 bits per heavy atom. The zero-order chi connectivity index (χ0) is 14.0. The first kappa shape index (κ1) is 14.2. The quantitative estimate of drug-likeness (QED) is 0.906. The lowest BCUT2D eigenvalue weighted by molar-refractivity contribution is 0.0833. The standard InChI is InChI=1S/C14H23N3OS/c1-10-5-4-7-17(8-6-10)12-9-11(15)13(19-12)14(18)16(2)3/h9-10H,4-8,15H2,1-3H3. The first-order valence-corrected chi connectivity index (χ1v) is 7.66. The number of amides is 1. The molecule has 1 aromatic rings. The van der Waals surface area contributed by atoms with Gasteiger partial charge >= 0.3 is 0 Å². The molecule has 19 heavy (non-hydrogen) atoms. The van der Waals surface area contributed by atoms with E-state index in [0.717, 1.165) is 24.0 Å². The second kappa shape index (κ2) is 5.82. The van der Waals surface area contributed by atoms with Crippen molar-refractivity contribution >= 4 is 27.9 Å². The van der Waals surface area contributed by atoms with Gasteiger partial charge in [0.1, 0.15) is 4.88 Å². The van der Waals surface area contributed by atoms with Gasteiger partial charge in [-0.1, -0.05) is 6.92 Å². The number of thiophene rings is 1. The first-order valence-electron chi connectivity index (χ1n) is 6.85. The topological polar surface area (TPSA) is 49.6 Å². The Balaban J connectivity index is 2.17. The number of nitrogen functional groups attached to an aromatic ring is 1. The number of anilines is 2. The third-order valence-corrected chi connectivity index (χ3v) is 4.88. The highest BCUT2D eigenvalue weighted by Gasteiger charge is 2.20. The molecule has 1 aliphatic rings. The molecule has 2 heterocycles. The predicted molar refractivity (Wildman–Crippen MR) is 82.0 cm³/mol. The molecule has 1 amide bonds. The Kier molecular flexibility index (Phi) is 4.34. The van der Waals surface area contributed by atoms with Crippen LogP contribution in [0.4, 0.5) is 10.7 Å². The summed E-state index contributed by atoms with van der Waals surface area (Å²) in [6.45, 7) is 4.45. The van der Waals surface area contributed by atoms with Crippen molar-refractivity contribution in [2.24, 2.45) is 5.92 Å². The predicted octanol–water partition coefficient (Wildman–Crippen LogP) is 2.66. The van der Waals surface area contributed by atoms with Gasteiger partial charge in [0, 0.05) is 27.2 Å². The summed E-state index contributed by atoms with van der Waals surface area (Å²) in [6.07, 6.45) is 3.73. The van der Waals surface area contributed by atoms with E-state index in [1.54, 1.807) is 19.0 Å². The molecule has 1 atom stereocenters.